The quantitative estimate of drug-likeness (QED) is 0.894. The zero-order valence-corrected chi connectivity index (χ0v) is 11.6. The van der Waals surface area contributed by atoms with Crippen molar-refractivity contribution in [2.75, 3.05) is 26.7 Å². The molecule has 1 aromatic rings. The molecule has 2 aliphatic heterocycles. The summed E-state index contributed by atoms with van der Waals surface area (Å²) >= 11 is 0. The number of piperidine rings is 1. The van der Waals surface area contributed by atoms with E-state index in [-0.39, 0.29) is 11.7 Å². The lowest BCUT2D eigenvalue weighted by molar-refractivity contribution is 0.0785. The van der Waals surface area contributed by atoms with Crippen molar-refractivity contribution in [3.63, 3.8) is 0 Å². The van der Waals surface area contributed by atoms with E-state index in [4.69, 9.17) is 4.74 Å². The Balaban J connectivity index is 1.76. The molecule has 0 radical (unpaired) electrons. The predicted molar refractivity (Wildman–Crippen MR) is 73.4 cm³/mol. The average molecular weight is 278 g/mol. The summed E-state index contributed by atoms with van der Waals surface area (Å²) < 4.78 is 18.3. The van der Waals surface area contributed by atoms with Gasteiger partial charge in [0.25, 0.3) is 5.91 Å². The third kappa shape index (κ3) is 2.38. The lowest BCUT2D eigenvalue weighted by atomic mass is 9.94. The van der Waals surface area contributed by atoms with Gasteiger partial charge in [0, 0.05) is 24.7 Å². The molecule has 2 heterocycles. The van der Waals surface area contributed by atoms with Gasteiger partial charge in [0.05, 0.1) is 7.11 Å². The fourth-order valence-electron chi connectivity index (χ4n) is 3.19. The highest BCUT2D eigenvalue weighted by Crippen LogP contribution is 2.27. The van der Waals surface area contributed by atoms with E-state index < -0.39 is 5.82 Å². The summed E-state index contributed by atoms with van der Waals surface area (Å²) in [7, 11) is 1.40. The minimum atomic E-state index is -0.444. The number of hydrogen-bond donors (Lipinski definition) is 1. The van der Waals surface area contributed by atoms with Gasteiger partial charge < -0.3 is 15.0 Å². The molecule has 2 unspecified atom stereocenters. The van der Waals surface area contributed by atoms with E-state index in [0.29, 0.717) is 17.5 Å². The summed E-state index contributed by atoms with van der Waals surface area (Å²) in [6.07, 6.45) is 2.35. The summed E-state index contributed by atoms with van der Waals surface area (Å²) in [5.41, 5.74) is 0.488. The predicted octanol–water partition coefficient (Wildman–Crippen LogP) is 1.66. The van der Waals surface area contributed by atoms with Gasteiger partial charge >= 0.3 is 0 Å². The summed E-state index contributed by atoms with van der Waals surface area (Å²) in [5, 5.41) is 3.47. The Bertz CT molecular complexity index is 507. The summed E-state index contributed by atoms with van der Waals surface area (Å²) in [4.78, 5) is 14.4. The first-order valence-corrected chi connectivity index (χ1v) is 7.05. The van der Waals surface area contributed by atoms with E-state index in [2.05, 4.69) is 5.32 Å². The number of ether oxygens (including phenoxy) is 1. The van der Waals surface area contributed by atoms with Crippen LogP contribution in [0.5, 0.6) is 5.75 Å². The first-order valence-electron chi connectivity index (χ1n) is 7.05. The van der Waals surface area contributed by atoms with Gasteiger partial charge in [-0.2, -0.15) is 0 Å². The first kappa shape index (κ1) is 13.4. The van der Waals surface area contributed by atoms with Gasteiger partial charge in [-0.25, -0.2) is 4.39 Å². The van der Waals surface area contributed by atoms with Crippen molar-refractivity contribution in [1.29, 1.82) is 0 Å². The molecule has 0 spiro atoms. The number of fused-ring (bicyclic) bond motifs is 1. The monoisotopic (exact) mass is 278 g/mol. The van der Waals surface area contributed by atoms with Crippen LogP contribution < -0.4 is 10.1 Å². The fourth-order valence-corrected chi connectivity index (χ4v) is 3.19. The Morgan fingerprint density at radius 3 is 3.05 bits per heavy atom. The Morgan fingerprint density at radius 1 is 1.45 bits per heavy atom. The van der Waals surface area contributed by atoms with Crippen LogP contribution in [0.1, 0.15) is 23.2 Å². The zero-order chi connectivity index (χ0) is 14.1. The third-order valence-corrected chi connectivity index (χ3v) is 4.28. The lowest BCUT2D eigenvalue weighted by Gasteiger charge is -2.24. The number of nitrogens with zero attached hydrogens (tertiary/aromatic N) is 1. The maximum atomic E-state index is 13.4. The molecule has 0 aliphatic carbocycles. The number of methoxy groups -OCH3 is 1. The van der Waals surface area contributed by atoms with Gasteiger partial charge in [-0.15, -0.1) is 0 Å². The molecule has 1 N–H and O–H groups in total. The smallest absolute Gasteiger partial charge is 0.254 e. The molecule has 5 heteroatoms. The lowest BCUT2D eigenvalue weighted by Crippen LogP contribution is -2.41. The van der Waals surface area contributed by atoms with Crippen LogP contribution >= 0.6 is 0 Å². The number of nitrogens with one attached hydrogen (secondary N) is 1. The highest BCUT2D eigenvalue weighted by atomic mass is 19.1. The van der Waals surface area contributed by atoms with Gasteiger partial charge in [0.15, 0.2) is 11.6 Å². The Hall–Kier alpha value is -1.62. The van der Waals surface area contributed by atoms with Crippen LogP contribution in [0.3, 0.4) is 0 Å². The van der Waals surface area contributed by atoms with E-state index in [1.165, 1.54) is 38.2 Å². The average Bonchev–Trinajstić information content (AvgIpc) is 2.91. The fraction of sp³-hybridized carbons (Fsp3) is 0.533. The number of carbonyl (C=O) groups excluding carboxylic acids is 1. The van der Waals surface area contributed by atoms with Gasteiger partial charge in [0.2, 0.25) is 0 Å². The van der Waals surface area contributed by atoms with Crippen LogP contribution in [-0.2, 0) is 0 Å². The number of benzene rings is 1. The van der Waals surface area contributed by atoms with Crippen LogP contribution in [0.4, 0.5) is 4.39 Å². The van der Waals surface area contributed by atoms with Crippen molar-refractivity contribution in [3.8, 4) is 5.75 Å². The number of hydrogen-bond acceptors (Lipinski definition) is 3. The summed E-state index contributed by atoms with van der Waals surface area (Å²) in [5.74, 6) is 0.181. The molecular formula is C15H19FN2O2. The number of carbonyl (C=O) groups is 1. The molecule has 0 saturated carbocycles. The van der Waals surface area contributed by atoms with Crippen molar-refractivity contribution in [2.45, 2.75) is 18.9 Å². The second kappa shape index (κ2) is 5.40. The van der Waals surface area contributed by atoms with Crippen LogP contribution in [0.25, 0.3) is 0 Å². The summed E-state index contributed by atoms with van der Waals surface area (Å²) in [6.45, 7) is 2.56. The number of likely N-dealkylation sites (tertiary alicyclic amines) is 1. The Morgan fingerprint density at radius 2 is 2.30 bits per heavy atom. The molecule has 1 aromatic carbocycles. The number of halogens is 1. The largest absolute Gasteiger partial charge is 0.494 e. The molecule has 20 heavy (non-hydrogen) atoms. The van der Waals surface area contributed by atoms with Crippen LogP contribution in [-0.4, -0.2) is 43.6 Å². The molecule has 0 bridgehead atoms. The van der Waals surface area contributed by atoms with Gasteiger partial charge in [-0.1, -0.05) is 0 Å². The SMILES string of the molecule is COc1cc(C(=O)N2CC3CCCNC3C2)ccc1F. The highest BCUT2D eigenvalue weighted by Gasteiger charge is 2.36. The van der Waals surface area contributed by atoms with E-state index in [0.717, 1.165) is 19.6 Å². The number of rotatable bonds is 2. The van der Waals surface area contributed by atoms with Crippen molar-refractivity contribution >= 4 is 5.91 Å². The minimum absolute atomic E-state index is 0.0421. The molecule has 3 rings (SSSR count). The highest BCUT2D eigenvalue weighted by molar-refractivity contribution is 5.94. The zero-order valence-electron chi connectivity index (χ0n) is 11.6. The standard InChI is InChI=1S/C15H19FN2O2/c1-20-14-7-10(4-5-12(14)16)15(19)18-8-11-3-2-6-17-13(11)9-18/h4-5,7,11,13,17H,2-3,6,8-9H2,1H3. The number of amides is 1. The second-order valence-corrected chi connectivity index (χ2v) is 5.52. The Kier molecular flexibility index (Phi) is 3.61. The molecule has 2 atom stereocenters. The molecule has 4 nitrogen and oxygen atoms in total. The third-order valence-electron chi connectivity index (χ3n) is 4.28. The molecule has 1 amide bonds. The maximum Gasteiger partial charge on any atom is 0.254 e. The molecule has 2 saturated heterocycles. The van der Waals surface area contributed by atoms with Crippen molar-refractivity contribution in [3.05, 3.63) is 29.6 Å². The van der Waals surface area contributed by atoms with Crippen molar-refractivity contribution in [1.82, 2.24) is 10.2 Å². The van der Waals surface area contributed by atoms with Crippen LogP contribution in [0.2, 0.25) is 0 Å². The Labute approximate surface area is 117 Å². The van der Waals surface area contributed by atoms with E-state index in [1.807, 2.05) is 4.90 Å². The van der Waals surface area contributed by atoms with Crippen LogP contribution in [0, 0.1) is 11.7 Å². The van der Waals surface area contributed by atoms with E-state index in [1.54, 1.807) is 0 Å². The van der Waals surface area contributed by atoms with Crippen molar-refractivity contribution < 1.29 is 13.9 Å². The molecule has 2 aliphatic rings. The first-order chi connectivity index (χ1) is 9.69. The van der Waals surface area contributed by atoms with Gasteiger partial charge in [-0.3, -0.25) is 4.79 Å². The topological polar surface area (TPSA) is 41.6 Å². The summed E-state index contributed by atoms with van der Waals surface area (Å²) in [6, 6.07) is 4.70. The van der Waals surface area contributed by atoms with E-state index >= 15 is 0 Å². The van der Waals surface area contributed by atoms with Gasteiger partial charge in [0.1, 0.15) is 0 Å². The van der Waals surface area contributed by atoms with Gasteiger partial charge in [-0.05, 0) is 43.5 Å². The maximum absolute atomic E-state index is 13.4. The van der Waals surface area contributed by atoms with Crippen LogP contribution in [0.15, 0.2) is 18.2 Å². The molecule has 0 aromatic heterocycles. The van der Waals surface area contributed by atoms with E-state index in [9.17, 15) is 9.18 Å². The molecule has 2 fully saturated rings. The normalized spacial score (nSPS) is 25.4. The molecular weight excluding hydrogens is 259 g/mol. The molecule has 108 valence electrons. The van der Waals surface area contributed by atoms with Crippen molar-refractivity contribution in [2.24, 2.45) is 5.92 Å². The second-order valence-electron chi connectivity index (χ2n) is 5.52. The minimum Gasteiger partial charge on any atom is -0.494 e.